The Balaban J connectivity index is 1.66. The highest BCUT2D eigenvalue weighted by molar-refractivity contribution is 6.36. The number of rotatable bonds is 8. The summed E-state index contributed by atoms with van der Waals surface area (Å²) in [6.45, 7) is 0.173. The molecule has 0 radical (unpaired) electrons. The van der Waals surface area contributed by atoms with Crippen molar-refractivity contribution in [3.63, 3.8) is 0 Å². The van der Waals surface area contributed by atoms with E-state index in [2.05, 4.69) is 5.32 Å². The van der Waals surface area contributed by atoms with Crippen molar-refractivity contribution in [2.24, 2.45) is 0 Å². The number of benzene rings is 3. The minimum absolute atomic E-state index is 0.173. The molecule has 0 fully saturated rings. The van der Waals surface area contributed by atoms with Crippen LogP contribution >= 0.6 is 0 Å². The van der Waals surface area contributed by atoms with E-state index < -0.39 is 11.8 Å². The van der Waals surface area contributed by atoms with Crippen molar-refractivity contribution in [1.82, 2.24) is 4.90 Å². The van der Waals surface area contributed by atoms with Gasteiger partial charge in [0.15, 0.2) is 0 Å². The standard InChI is InChI=1S/C26H23FN2O4/c1-32-21-12-8-18(9-13-21)23-24(28-20-4-3-5-22(16-20)33-2)26(31)29(25(23)30)15-14-17-6-10-19(27)11-7-17/h3-13,16,28H,14-15H2,1-2H3. The summed E-state index contributed by atoms with van der Waals surface area (Å²) in [5.74, 6) is 0.122. The van der Waals surface area contributed by atoms with Crippen LogP contribution in [-0.2, 0) is 16.0 Å². The molecule has 6 nitrogen and oxygen atoms in total. The van der Waals surface area contributed by atoms with Crippen LogP contribution in [0, 0.1) is 5.82 Å². The lowest BCUT2D eigenvalue weighted by molar-refractivity contribution is -0.136. The van der Waals surface area contributed by atoms with Crippen LogP contribution in [0.1, 0.15) is 11.1 Å². The van der Waals surface area contributed by atoms with Gasteiger partial charge in [0.25, 0.3) is 11.8 Å². The summed E-state index contributed by atoms with van der Waals surface area (Å²) in [5, 5.41) is 3.12. The molecule has 1 heterocycles. The van der Waals surface area contributed by atoms with Gasteiger partial charge in [0.1, 0.15) is 23.0 Å². The molecule has 3 aromatic rings. The van der Waals surface area contributed by atoms with Crippen LogP contribution in [0.5, 0.6) is 11.5 Å². The van der Waals surface area contributed by atoms with Gasteiger partial charge >= 0.3 is 0 Å². The van der Waals surface area contributed by atoms with Crippen molar-refractivity contribution < 1.29 is 23.5 Å². The van der Waals surface area contributed by atoms with Crippen molar-refractivity contribution in [2.75, 3.05) is 26.1 Å². The predicted molar refractivity (Wildman–Crippen MR) is 123 cm³/mol. The smallest absolute Gasteiger partial charge is 0.278 e. The van der Waals surface area contributed by atoms with Crippen LogP contribution in [-0.4, -0.2) is 37.5 Å². The molecule has 0 spiro atoms. The Labute approximate surface area is 191 Å². The summed E-state index contributed by atoms with van der Waals surface area (Å²) in [6, 6.07) is 20.1. The molecule has 1 aliphatic heterocycles. The molecule has 0 saturated carbocycles. The average molecular weight is 446 g/mol. The van der Waals surface area contributed by atoms with Gasteiger partial charge in [0, 0.05) is 18.3 Å². The monoisotopic (exact) mass is 446 g/mol. The highest BCUT2D eigenvalue weighted by atomic mass is 19.1. The van der Waals surface area contributed by atoms with Crippen LogP contribution in [0.2, 0.25) is 0 Å². The van der Waals surface area contributed by atoms with E-state index in [1.165, 1.54) is 17.0 Å². The molecule has 2 amide bonds. The van der Waals surface area contributed by atoms with E-state index in [4.69, 9.17) is 9.47 Å². The molecule has 1 aliphatic rings. The Bertz CT molecular complexity index is 1200. The number of imide groups is 1. The zero-order valence-electron chi connectivity index (χ0n) is 18.3. The molecule has 0 aromatic heterocycles. The van der Waals surface area contributed by atoms with Crippen LogP contribution in [0.3, 0.4) is 0 Å². The quantitative estimate of drug-likeness (QED) is 0.523. The van der Waals surface area contributed by atoms with E-state index in [1.54, 1.807) is 74.9 Å². The molecule has 0 unspecified atom stereocenters. The maximum Gasteiger partial charge on any atom is 0.278 e. The van der Waals surface area contributed by atoms with E-state index in [-0.39, 0.29) is 23.6 Å². The van der Waals surface area contributed by atoms with Gasteiger partial charge in [-0.1, -0.05) is 30.3 Å². The number of nitrogens with zero attached hydrogens (tertiary/aromatic N) is 1. The van der Waals surface area contributed by atoms with Crippen LogP contribution < -0.4 is 14.8 Å². The summed E-state index contributed by atoms with van der Waals surface area (Å²) >= 11 is 0. The Hall–Kier alpha value is -4.13. The number of amides is 2. The second kappa shape index (κ2) is 9.56. The fraction of sp³-hybridized carbons (Fsp3) is 0.154. The molecular weight excluding hydrogens is 423 g/mol. The summed E-state index contributed by atoms with van der Waals surface area (Å²) in [5.41, 5.74) is 2.53. The predicted octanol–water partition coefficient (Wildman–Crippen LogP) is 4.28. The fourth-order valence-corrected chi connectivity index (χ4v) is 3.66. The highest BCUT2D eigenvalue weighted by Crippen LogP contribution is 2.32. The molecule has 1 N–H and O–H groups in total. The number of methoxy groups -OCH3 is 2. The Kier molecular flexibility index (Phi) is 6.40. The minimum Gasteiger partial charge on any atom is -0.497 e. The van der Waals surface area contributed by atoms with Crippen LogP contribution in [0.15, 0.2) is 78.5 Å². The van der Waals surface area contributed by atoms with E-state index in [9.17, 15) is 14.0 Å². The van der Waals surface area contributed by atoms with Gasteiger partial charge in [-0.2, -0.15) is 0 Å². The summed E-state index contributed by atoms with van der Waals surface area (Å²) in [7, 11) is 3.12. The molecule has 0 saturated heterocycles. The first-order valence-electron chi connectivity index (χ1n) is 10.4. The second-order valence-corrected chi connectivity index (χ2v) is 7.47. The van der Waals surface area contributed by atoms with Gasteiger partial charge in [-0.3, -0.25) is 14.5 Å². The number of ether oxygens (including phenoxy) is 2. The topological polar surface area (TPSA) is 67.9 Å². The molecular formula is C26H23FN2O4. The molecule has 33 heavy (non-hydrogen) atoms. The lowest BCUT2D eigenvalue weighted by atomic mass is 10.0. The van der Waals surface area contributed by atoms with Gasteiger partial charge in [0.2, 0.25) is 0 Å². The van der Waals surface area contributed by atoms with Crippen molar-refractivity contribution in [3.8, 4) is 11.5 Å². The molecule has 0 bridgehead atoms. The van der Waals surface area contributed by atoms with E-state index in [0.717, 1.165) is 5.56 Å². The van der Waals surface area contributed by atoms with Crippen molar-refractivity contribution in [2.45, 2.75) is 6.42 Å². The number of hydrogen-bond donors (Lipinski definition) is 1. The van der Waals surface area contributed by atoms with Crippen LogP contribution in [0.25, 0.3) is 5.57 Å². The fourth-order valence-electron chi connectivity index (χ4n) is 3.66. The van der Waals surface area contributed by atoms with Crippen molar-refractivity contribution in [3.05, 3.63) is 95.4 Å². The lowest BCUT2D eigenvalue weighted by Crippen LogP contribution is -2.34. The molecule has 7 heteroatoms. The van der Waals surface area contributed by atoms with Crippen LogP contribution in [0.4, 0.5) is 10.1 Å². The number of halogens is 1. The van der Waals surface area contributed by atoms with Gasteiger partial charge < -0.3 is 14.8 Å². The molecule has 4 rings (SSSR count). The maximum absolute atomic E-state index is 13.4. The summed E-state index contributed by atoms with van der Waals surface area (Å²) in [6.07, 6.45) is 0.417. The maximum atomic E-state index is 13.4. The number of nitrogens with one attached hydrogen (secondary N) is 1. The number of anilines is 1. The first-order valence-corrected chi connectivity index (χ1v) is 10.4. The van der Waals surface area contributed by atoms with Gasteiger partial charge in [-0.25, -0.2) is 4.39 Å². The normalized spacial score (nSPS) is 13.5. The largest absolute Gasteiger partial charge is 0.497 e. The lowest BCUT2D eigenvalue weighted by Gasteiger charge is -2.15. The number of hydrogen-bond acceptors (Lipinski definition) is 5. The molecule has 0 aliphatic carbocycles. The summed E-state index contributed by atoms with van der Waals surface area (Å²) < 4.78 is 23.7. The Morgan fingerprint density at radius 3 is 2.21 bits per heavy atom. The Morgan fingerprint density at radius 2 is 1.55 bits per heavy atom. The highest BCUT2D eigenvalue weighted by Gasteiger charge is 2.39. The third kappa shape index (κ3) is 4.72. The van der Waals surface area contributed by atoms with E-state index in [1.807, 2.05) is 0 Å². The van der Waals surface area contributed by atoms with Gasteiger partial charge in [-0.05, 0) is 53.9 Å². The van der Waals surface area contributed by atoms with Gasteiger partial charge in [-0.15, -0.1) is 0 Å². The number of carbonyl (C=O) groups excluding carboxylic acids is 2. The summed E-state index contributed by atoms with van der Waals surface area (Å²) in [4.78, 5) is 27.9. The molecule has 3 aromatic carbocycles. The van der Waals surface area contributed by atoms with Gasteiger partial charge in [0.05, 0.1) is 19.8 Å². The third-order valence-electron chi connectivity index (χ3n) is 5.42. The zero-order valence-corrected chi connectivity index (χ0v) is 18.3. The average Bonchev–Trinajstić information content (AvgIpc) is 3.07. The van der Waals surface area contributed by atoms with E-state index in [0.29, 0.717) is 29.2 Å². The number of carbonyl (C=O) groups is 2. The molecule has 168 valence electrons. The first-order chi connectivity index (χ1) is 16.0. The Morgan fingerprint density at radius 1 is 0.848 bits per heavy atom. The van der Waals surface area contributed by atoms with Crippen molar-refractivity contribution >= 4 is 23.1 Å². The third-order valence-corrected chi connectivity index (χ3v) is 5.42. The zero-order chi connectivity index (χ0) is 23.4. The second-order valence-electron chi connectivity index (χ2n) is 7.47. The minimum atomic E-state index is -0.421. The SMILES string of the molecule is COc1ccc(C2=C(Nc3cccc(OC)c3)C(=O)N(CCc3ccc(F)cc3)C2=O)cc1. The van der Waals surface area contributed by atoms with E-state index >= 15 is 0 Å². The van der Waals surface area contributed by atoms with Crippen molar-refractivity contribution in [1.29, 1.82) is 0 Å². The molecule has 0 atom stereocenters. The first kappa shape index (κ1) is 22.1.